The molecule has 0 bridgehead atoms. The Labute approximate surface area is 174 Å². The Morgan fingerprint density at radius 1 is 1.07 bits per heavy atom. The predicted molar refractivity (Wildman–Crippen MR) is 115 cm³/mol. The molecule has 29 heavy (non-hydrogen) atoms. The van der Waals surface area contributed by atoms with Crippen molar-refractivity contribution in [2.45, 2.75) is 46.3 Å². The van der Waals surface area contributed by atoms with Crippen LogP contribution in [0.4, 0.5) is 0 Å². The Bertz CT molecular complexity index is 806. The zero-order valence-electron chi connectivity index (χ0n) is 17.6. The monoisotopic (exact) mass is 396 g/mol. The summed E-state index contributed by atoms with van der Waals surface area (Å²) in [6.45, 7) is 8.61. The van der Waals surface area contributed by atoms with E-state index in [0.29, 0.717) is 25.5 Å². The Morgan fingerprint density at radius 2 is 1.97 bits per heavy atom. The molecule has 0 saturated carbocycles. The van der Waals surface area contributed by atoms with Crippen molar-refractivity contribution in [3.05, 3.63) is 59.2 Å². The molecule has 1 heterocycles. The van der Waals surface area contributed by atoms with Crippen molar-refractivity contribution in [2.75, 3.05) is 26.2 Å². The van der Waals surface area contributed by atoms with Gasteiger partial charge in [0.2, 0.25) is 5.91 Å². The number of benzene rings is 2. The van der Waals surface area contributed by atoms with Crippen LogP contribution in [0.1, 0.15) is 42.9 Å². The van der Waals surface area contributed by atoms with Crippen molar-refractivity contribution in [3.63, 3.8) is 0 Å². The maximum absolute atomic E-state index is 11.6. The van der Waals surface area contributed by atoms with Crippen LogP contribution < -0.4 is 14.8 Å². The van der Waals surface area contributed by atoms with Crippen LogP contribution in [0.2, 0.25) is 0 Å². The molecular weight excluding hydrogens is 364 g/mol. The number of carbonyl (C=O) groups excluding carboxylic acids is 1. The summed E-state index contributed by atoms with van der Waals surface area (Å²) in [6.07, 6.45) is 2.69. The van der Waals surface area contributed by atoms with E-state index >= 15 is 0 Å². The van der Waals surface area contributed by atoms with E-state index in [1.165, 1.54) is 5.56 Å². The van der Waals surface area contributed by atoms with Crippen molar-refractivity contribution in [2.24, 2.45) is 0 Å². The van der Waals surface area contributed by atoms with Crippen LogP contribution in [-0.2, 0) is 17.9 Å². The fraction of sp³-hybridized carbons (Fsp3) is 0.458. The molecule has 1 amide bonds. The van der Waals surface area contributed by atoms with E-state index in [1.54, 1.807) is 0 Å². The first kappa shape index (κ1) is 21.2. The number of amides is 1. The number of rotatable bonds is 11. The zero-order valence-corrected chi connectivity index (χ0v) is 17.6. The molecule has 5 nitrogen and oxygen atoms in total. The summed E-state index contributed by atoms with van der Waals surface area (Å²) in [7, 11) is 0. The van der Waals surface area contributed by atoms with Gasteiger partial charge >= 0.3 is 0 Å². The lowest BCUT2D eigenvalue weighted by molar-refractivity contribution is -0.127. The Balaban J connectivity index is 1.48. The highest BCUT2D eigenvalue weighted by atomic mass is 16.5. The van der Waals surface area contributed by atoms with Crippen LogP contribution in [0.15, 0.2) is 42.5 Å². The third kappa shape index (κ3) is 6.50. The molecule has 0 spiro atoms. The van der Waals surface area contributed by atoms with E-state index in [-0.39, 0.29) is 0 Å². The Kier molecular flexibility index (Phi) is 7.94. The number of likely N-dealkylation sites (tertiary alicyclic amines) is 1. The molecule has 0 atom stereocenters. The molecule has 156 valence electrons. The molecule has 1 saturated heterocycles. The second-order valence-corrected chi connectivity index (χ2v) is 7.51. The van der Waals surface area contributed by atoms with Gasteiger partial charge in [0.05, 0.1) is 6.61 Å². The lowest BCUT2D eigenvalue weighted by Crippen LogP contribution is -2.28. The highest BCUT2D eigenvalue weighted by Gasteiger charge is 2.18. The van der Waals surface area contributed by atoms with E-state index in [4.69, 9.17) is 9.47 Å². The number of carbonyl (C=O) groups is 1. The van der Waals surface area contributed by atoms with E-state index in [9.17, 15) is 4.79 Å². The molecule has 1 aliphatic rings. The lowest BCUT2D eigenvalue weighted by atomic mass is 10.1. The number of aryl methyl sites for hydroxylation is 1. The molecule has 1 N–H and O–H groups in total. The highest BCUT2D eigenvalue weighted by molar-refractivity contribution is 5.77. The second kappa shape index (κ2) is 10.9. The van der Waals surface area contributed by atoms with E-state index in [1.807, 2.05) is 30.0 Å². The van der Waals surface area contributed by atoms with Gasteiger partial charge in [0.25, 0.3) is 0 Å². The summed E-state index contributed by atoms with van der Waals surface area (Å²) in [5.41, 5.74) is 3.54. The van der Waals surface area contributed by atoms with Crippen molar-refractivity contribution in [1.29, 1.82) is 0 Å². The van der Waals surface area contributed by atoms with Crippen LogP contribution in [0.5, 0.6) is 11.5 Å². The highest BCUT2D eigenvalue weighted by Crippen LogP contribution is 2.29. The van der Waals surface area contributed by atoms with Crippen LogP contribution in [0.3, 0.4) is 0 Å². The van der Waals surface area contributed by atoms with Gasteiger partial charge in [-0.1, -0.05) is 35.9 Å². The Morgan fingerprint density at radius 3 is 2.72 bits per heavy atom. The fourth-order valence-electron chi connectivity index (χ4n) is 3.58. The maximum atomic E-state index is 11.6. The number of nitrogens with one attached hydrogen (secondary N) is 1. The van der Waals surface area contributed by atoms with E-state index in [2.05, 4.69) is 36.5 Å². The quantitative estimate of drug-likeness (QED) is 0.582. The summed E-state index contributed by atoms with van der Waals surface area (Å²) in [5.74, 6) is 1.85. The largest absolute Gasteiger partial charge is 0.490 e. The molecule has 1 fully saturated rings. The third-order valence-electron chi connectivity index (χ3n) is 5.07. The second-order valence-electron chi connectivity index (χ2n) is 7.51. The van der Waals surface area contributed by atoms with Gasteiger partial charge in [-0.05, 0) is 56.5 Å². The smallest absolute Gasteiger partial charge is 0.222 e. The van der Waals surface area contributed by atoms with Gasteiger partial charge in [-0.25, -0.2) is 0 Å². The summed E-state index contributed by atoms with van der Waals surface area (Å²) in [4.78, 5) is 13.6. The first-order valence-electron chi connectivity index (χ1n) is 10.6. The summed E-state index contributed by atoms with van der Waals surface area (Å²) in [5, 5.41) is 3.46. The average molecular weight is 397 g/mol. The molecule has 3 rings (SSSR count). The predicted octanol–water partition coefficient (Wildman–Crippen LogP) is 4.07. The molecule has 2 aromatic carbocycles. The summed E-state index contributed by atoms with van der Waals surface area (Å²) >= 11 is 0. The Hall–Kier alpha value is -2.53. The molecule has 0 radical (unpaired) electrons. The van der Waals surface area contributed by atoms with Crippen LogP contribution >= 0.6 is 0 Å². The third-order valence-corrected chi connectivity index (χ3v) is 5.07. The van der Waals surface area contributed by atoms with Gasteiger partial charge in [0, 0.05) is 26.1 Å². The van der Waals surface area contributed by atoms with Crippen LogP contribution in [0, 0.1) is 6.92 Å². The van der Waals surface area contributed by atoms with Gasteiger partial charge in [-0.15, -0.1) is 0 Å². The number of nitrogens with zero attached hydrogens (tertiary/aromatic N) is 1. The molecule has 0 aliphatic carbocycles. The molecule has 1 aliphatic heterocycles. The van der Waals surface area contributed by atoms with Gasteiger partial charge in [0.1, 0.15) is 6.61 Å². The van der Waals surface area contributed by atoms with Crippen molar-refractivity contribution in [1.82, 2.24) is 10.2 Å². The van der Waals surface area contributed by atoms with Crippen molar-refractivity contribution >= 4 is 5.91 Å². The van der Waals surface area contributed by atoms with Gasteiger partial charge in [-0.3, -0.25) is 4.79 Å². The first-order chi connectivity index (χ1) is 14.2. The standard InChI is InChI=1S/C24H32N2O3/c1-3-28-23-16-20(17-25-12-6-14-26-13-5-9-24(26)27)10-11-22(23)29-18-21-8-4-7-19(2)15-21/h4,7-8,10-11,15-16,25H,3,5-6,9,12-14,17-18H2,1-2H3. The van der Waals surface area contributed by atoms with Gasteiger partial charge in [0.15, 0.2) is 11.5 Å². The topological polar surface area (TPSA) is 50.8 Å². The SMILES string of the molecule is CCOc1cc(CNCCCN2CCCC2=O)ccc1OCc1cccc(C)c1. The molecule has 5 heteroatoms. The van der Waals surface area contributed by atoms with Gasteiger partial charge < -0.3 is 19.7 Å². The van der Waals surface area contributed by atoms with E-state index < -0.39 is 0 Å². The molecule has 0 unspecified atom stereocenters. The fourth-order valence-corrected chi connectivity index (χ4v) is 3.58. The van der Waals surface area contributed by atoms with Crippen LogP contribution in [-0.4, -0.2) is 37.0 Å². The first-order valence-corrected chi connectivity index (χ1v) is 10.6. The maximum Gasteiger partial charge on any atom is 0.222 e. The minimum absolute atomic E-state index is 0.299. The number of hydrogen-bond acceptors (Lipinski definition) is 4. The number of ether oxygens (including phenoxy) is 2. The van der Waals surface area contributed by atoms with Crippen molar-refractivity contribution in [3.8, 4) is 11.5 Å². The average Bonchev–Trinajstić information content (AvgIpc) is 3.12. The van der Waals surface area contributed by atoms with Crippen LogP contribution in [0.25, 0.3) is 0 Å². The minimum Gasteiger partial charge on any atom is -0.490 e. The minimum atomic E-state index is 0.299. The molecule has 0 aromatic heterocycles. The summed E-state index contributed by atoms with van der Waals surface area (Å²) < 4.78 is 11.8. The molecular formula is C24H32N2O3. The summed E-state index contributed by atoms with van der Waals surface area (Å²) in [6, 6.07) is 14.4. The lowest BCUT2D eigenvalue weighted by Gasteiger charge is -2.16. The number of hydrogen-bond donors (Lipinski definition) is 1. The van der Waals surface area contributed by atoms with Crippen molar-refractivity contribution < 1.29 is 14.3 Å². The normalized spacial score (nSPS) is 13.7. The van der Waals surface area contributed by atoms with E-state index in [0.717, 1.165) is 61.6 Å². The molecule has 2 aromatic rings. The van der Waals surface area contributed by atoms with Gasteiger partial charge in [-0.2, -0.15) is 0 Å². The zero-order chi connectivity index (χ0) is 20.5.